The summed E-state index contributed by atoms with van der Waals surface area (Å²) in [6, 6.07) is 13.2. The highest BCUT2D eigenvalue weighted by Crippen LogP contribution is 2.42. The zero-order valence-corrected chi connectivity index (χ0v) is 16.9. The largest absolute Gasteiger partial charge is 0.507 e. The number of hydrogen-bond acceptors (Lipinski definition) is 6. The van der Waals surface area contributed by atoms with Gasteiger partial charge in [-0.3, -0.25) is 9.59 Å². The Hall–Kier alpha value is -3.65. The molecular formula is C23H16FNO5S. The molecule has 5 rings (SSSR count). The number of nitrogens with zero attached hydrogens (tertiary/aromatic N) is 1. The van der Waals surface area contributed by atoms with Gasteiger partial charge in [-0.1, -0.05) is 18.2 Å². The fourth-order valence-corrected chi connectivity index (χ4v) is 4.51. The van der Waals surface area contributed by atoms with Crippen LogP contribution in [0.1, 0.15) is 22.0 Å². The zero-order valence-electron chi connectivity index (χ0n) is 16.1. The standard InChI is InChI=1S/C23H16FNO5S/c24-15-6-3-13(4-7-15)20-19(21(26)14-5-8-17-18(10-14)30-12-29-17)22(27)23(28)25(20)11-16-2-1-9-31-16/h1-10,20,26H,11-12H2/b21-19-. The van der Waals surface area contributed by atoms with Crippen LogP contribution in [0.25, 0.3) is 5.76 Å². The Balaban J connectivity index is 1.64. The van der Waals surface area contributed by atoms with Crippen molar-refractivity contribution in [1.29, 1.82) is 0 Å². The van der Waals surface area contributed by atoms with Crippen LogP contribution in [0.2, 0.25) is 0 Å². The average Bonchev–Trinajstić information content (AvgIpc) is 3.51. The molecule has 8 heteroatoms. The van der Waals surface area contributed by atoms with E-state index in [4.69, 9.17) is 9.47 Å². The van der Waals surface area contributed by atoms with Gasteiger partial charge in [-0.05, 0) is 47.3 Å². The summed E-state index contributed by atoms with van der Waals surface area (Å²) in [4.78, 5) is 28.2. The Morgan fingerprint density at radius 3 is 2.61 bits per heavy atom. The van der Waals surface area contributed by atoms with Gasteiger partial charge in [0.15, 0.2) is 11.5 Å². The number of Topliss-reactive ketones (excluding diaryl/α,β-unsaturated/α-hetero) is 1. The smallest absolute Gasteiger partial charge is 0.295 e. The molecule has 2 aliphatic heterocycles. The van der Waals surface area contributed by atoms with Crippen molar-refractivity contribution in [1.82, 2.24) is 4.90 Å². The summed E-state index contributed by atoms with van der Waals surface area (Å²) in [7, 11) is 0. The van der Waals surface area contributed by atoms with Crippen molar-refractivity contribution in [2.45, 2.75) is 12.6 Å². The molecule has 2 aliphatic rings. The summed E-state index contributed by atoms with van der Waals surface area (Å²) in [6.45, 7) is 0.266. The highest BCUT2D eigenvalue weighted by Gasteiger charge is 2.46. The molecule has 1 atom stereocenters. The zero-order chi connectivity index (χ0) is 21.5. The number of halogens is 1. The van der Waals surface area contributed by atoms with Crippen LogP contribution in [0.15, 0.2) is 65.6 Å². The first kappa shape index (κ1) is 19.3. The second-order valence-electron chi connectivity index (χ2n) is 7.13. The van der Waals surface area contributed by atoms with Crippen molar-refractivity contribution in [2.24, 2.45) is 0 Å². The molecule has 156 valence electrons. The predicted octanol–water partition coefficient (Wildman–Crippen LogP) is 4.24. The third-order valence-corrected chi connectivity index (χ3v) is 6.14. The monoisotopic (exact) mass is 437 g/mol. The van der Waals surface area contributed by atoms with Crippen molar-refractivity contribution in [2.75, 3.05) is 6.79 Å². The number of ketones is 1. The van der Waals surface area contributed by atoms with Gasteiger partial charge in [0.25, 0.3) is 11.7 Å². The Labute approximate surface area is 180 Å². The van der Waals surface area contributed by atoms with Crippen LogP contribution in [-0.4, -0.2) is 28.5 Å². The van der Waals surface area contributed by atoms with Crippen molar-refractivity contribution in [3.63, 3.8) is 0 Å². The van der Waals surface area contributed by atoms with Gasteiger partial charge in [-0.2, -0.15) is 0 Å². The maximum absolute atomic E-state index is 13.5. The van der Waals surface area contributed by atoms with E-state index in [-0.39, 0.29) is 24.7 Å². The lowest BCUT2D eigenvalue weighted by Crippen LogP contribution is -2.28. The normalized spacial score (nSPS) is 19.3. The number of carbonyl (C=O) groups excluding carboxylic acids is 2. The van der Waals surface area contributed by atoms with Gasteiger partial charge in [0.2, 0.25) is 6.79 Å². The van der Waals surface area contributed by atoms with Crippen molar-refractivity contribution >= 4 is 28.8 Å². The molecule has 1 unspecified atom stereocenters. The molecule has 31 heavy (non-hydrogen) atoms. The molecule has 0 saturated carbocycles. The first-order valence-corrected chi connectivity index (χ1v) is 10.4. The number of carbonyl (C=O) groups is 2. The molecule has 6 nitrogen and oxygen atoms in total. The number of benzene rings is 2. The number of amides is 1. The third-order valence-electron chi connectivity index (χ3n) is 5.28. The van der Waals surface area contributed by atoms with E-state index in [1.54, 1.807) is 18.2 Å². The van der Waals surface area contributed by atoms with E-state index < -0.39 is 23.5 Å². The number of likely N-dealkylation sites (tertiary alicyclic amines) is 1. The van der Waals surface area contributed by atoms with Gasteiger partial charge in [0.05, 0.1) is 18.2 Å². The van der Waals surface area contributed by atoms with Gasteiger partial charge in [-0.25, -0.2) is 4.39 Å². The summed E-state index contributed by atoms with van der Waals surface area (Å²) in [5.41, 5.74) is 0.803. The summed E-state index contributed by atoms with van der Waals surface area (Å²) in [5.74, 6) is -1.29. The maximum atomic E-state index is 13.5. The van der Waals surface area contributed by atoms with Gasteiger partial charge >= 0.3 is 0 Å². The Morgan fingerprint density at radius 1 is 1.10 bits per heavy atom. The van der Waals surface area contributed by atoms with Gasteiger partial charge < -0.3 is 19.5 Å². The van der Waals surface area contributed by atoms with Crippen LogP contribution >= 0.6 is 11.3 Å². The van der Waals surface area contributed by atoms with Crippen molar-refractivity contribution in [3.05, 3.63) is 87.4 Å². The van der Waals surface area contributed by atoms with Crippen LogP contribution in [0, 0.1) is 5.82 Å². The molecule has 0 radical (unpaired) electrons. The molecule has 3 aromatic rings. The average molecular weight is 437 g/mol. The number of fused-ring (bicyclic) bond motifs is 1. The molecule has 1 N–H and O–H groups in total. The van der Waals surface area contributed by atoms with Crippen LogP contribution < -0.4 is 9.47 Å². The molecule has 1 aromatic heterocycles. The number of aliphatic hydroxyl groups is 1. The number of rotatable bonds is 4. The van der Waals surface area contributed by atoms with Crippen LogP contribution in [0.3, 0.4) is 0 Å². The quantitative estimate of drug-likeness (QED) is 0.375. The molecule has 1 fully saturated rings. The van der Waals surface area contributed by atoms with E-state index >= 15 is 0 Å². The Morgan fingerprint density at radius 2 is 1.87 bits per heavy atom. The SMILES string of the molecule is O=C1C(=O)N(Cc2cccs2)C(c2ccc(F)cc2)/C1=C(/O)c1ccc2c(c1)OCO2. The third kappa shape index (κ3) is 3.34. The summed E-state index contributed by atoms with van der Waals surface area (Å²) < 4.78 is 24.2. The second kappa shape index (κ2) is 7.55. The fraction of sp³-hybridized carbons (Fsp3) is 0.130. The molecule has 1 amide bonds. The van der Waals surface area contributed by atoms with Crippen LogP contribution in [-0.2, 0) is 16.1 Å². The summed E-state index contributed by atoms with van der Waals surface area (Å²) in [5, 5.41) is 13.0. The highest BCUT2D eigenvalue weighted by molar-refractivity contribution is 7.09. The second-order valence-corrected chi connectivity index (χ2v) is 8.16. The van der Waals surface area contributed by atoms with E-state index in [2.05, 4.69) is 0 Å². The number of hydrogen-bond donors (Lipinski definition) is 1. The first-order valence-electron chi connectivity index (χ1n) is 9.49. The Kier molecular flexibility index (Phi) is 4.71. The van der Waals surface area contributed by atoms with E-state index in [1.165, 1.54) is 40.5 Å². The summed E-state index contributed by atoms with van der Waals surface area (Å²) >= 11 is 1.46. The van der Waals surface area contributed by atoms with Crippen molar-refractivity contribution < 1.29 is 28.6 Å². The highest BCUT2D eigenvalue weighted by atomic mass is 32.1. The molecular weight excluding hydrogens is 421 g/mol. The van der Waals surface area contributed by atoms with Gasteiger partial charge in [0.1, 0.15) is 11.6 Å². The minimum Gasteiger partial charge on any atom is -0.507 e. The van der Waals surface area contributed by atoms with Gasteiger partial charge in [-0.15, -0.1) is 11.3 Å². The van der Waals surface area contributed by atoms with Crippen LogP contribution in [0.5, 0.6) is 11.5 Å². The lowest BCUT2D eigenvalue weighted by atomic mass is 9.95. The maximum Gasteiger partial charge on any atom is 0.295 e. The molecule has 0 spiro atoms. The van der Waals surface area contributed by atoms with E-state index in [0.717, 1.165) is 4.88 Å². The fourth-order valence-electron chi connectivity index (χ4n) is 3.80. The summed E-state index contributed by atoms with van der Waals surface area (Å²) in [6.07, 6.45) is 0. The Bertz CT molecular complexity index is 1200. The topological polar surface area (TPSA) is 76.1 Å². The first-order chi connectivity index (χ1) is 15.0. The molecule has 1 saturated heterocycles. The minimum absolute atomic E-state index is 0.0490. The van der Waals surface area contributed by atoms with E-state index in [9.17, 15) is 19.1 Å². The molecule has 0 aliphatic carbocycles. The van der Waals surface area contributed by atoms with E-state index in [0.29, 0.717) is 22.6 Å². The molecule has 2 aromatic carbocycles. The molecule has 3 heterocycles. The van der Waals surface area contributed by atoms with Crippen LogP contribution in [0.4, 0.5) is 4.39 Å². The van der Waals surface area contributed by atoms with Gasteiger partial charge in [0, 0.05) is 10.4 Å². The number of thiophene rings is 1. The predicted molar refractivity (Wildman–Crippen MR) is 111 cm³/mol. The number of aliphatic hydroxyl groups excluding tert-OH is 1. The van der Waals surface area contributed by atoms with E-state index in [1.807, 2.05) is 17.5 Å². The lowest BCUT2D eigenvalue weighted by molar-refractivity contribution is -0.140. The lowest BCUT2D eigenvalue weighted by Gasteiger charge is -2.25. The number of ether oxygens (including phenoxy) is 2. The minimum atomic E-state index is -0.854. The van der Waals surface area contributed by atoms with Crippen molar-refractivity contribution in [3.8, 4) is 11.5 Å². The molecule has 0 bridgehead atoms.